The third-order valence-electron chi connectivity index (χ3n) is 4.62. The van der Waals surface area contributed by atoms with E-state index in [-0.39, 0.29) is 12.7 Å². The van der Waals surface area contributed by atoms with Gasteiger partial charge in [-0.3, -0.25) is 4.79 Å². The number of aryl methyl sites for hydroxylation is 1. The van der Waals surface area contributed by atoms with E-state index >= 15 is 0 Å². The monoisotopic (exact) mass is 381 g/mol. The molecule has 0 bridgehead atoms. The molecule has 3 N–H and O–H groups in total. The lowest BCUT2D eigenvalue weighted by Gasteiger charge is -2.31. The van der Waals surface area contributed by atoms with Gasteiger partial charge in [-0.1, -0.05) is 18.2 Å². The largest absolute Gasteiger partial charge is 0.454 e. The van der Waals surface area contributed by atoms with Crippen LogP contribution in [-0.4, -0.2) is 17.8 Å². The zero-order chi connectivity index (χ0) is 19.0. The molecule has 0 radical (unpaired) electrons. The summed E-state index contributed by atoms with van der Waals surface area (Å²) < 4.78 is 11.0. The Kier molecular flexibility index (Phi) is 4.45. The Morgan fingerprint density at radius 1 is 1.15 bits per heavy atom. The van der Waals surface area contributed by atoms with Gasteiger partial charge >= 0.3 is 0 Å². The van der Waals surface area contributed by atoms with Crippen LogP contribution in [-0.2, 0) is 4.79 Å². The van der Waals surface area contributed by atoms with Gasteiger partial charge in [0.2, 0.25) is 6.79 Å². The van der Waals surface area contributed by atoms with Crippen LogP contribution < -0.4 is 25.4 Å². The van der Waals surface area contributed by atoms with E-state index in [4.69, 9.17) is 21.7 Å². The fourth-order valence-electron chi connectivity index (χ4n) is 3.32. The molecule has 0 saturated carbocycles. The zero-order valence-corrected chi connectivity index (χ0v) is 15.8. The number of hydrogen-bond acceptors (Lipinski definition) is 4. The van der Waals surface area contributed by atoms with Gasteiger partial charge in [-0.15, -0.1) is 0 Å². The molecule has 6 nitrogen and oxygen atoms in total. The van der Waals surface area contributed by atoms with E-state index in [1.54, 1.807) is 0 Å². The fraction of sp³-hybridized carbons (Fsp3) is 0.200. The Bertz CT molecular complexity index is 956. The predicted octanol–water partition coefficient (Wildman–Crippen LogP) is 3.16. The van der Waals surface area contributed by atoms with Gasteiger partial charge in [0.05, 0.1) is 11.6 Å². The van der Waals surface area contributed by atoms with Crippen LogP contribution in [0.1, 0.15) is 24.1 Å². The van der Waals surface area contributed by atoms with Gasteiger partial charge in [-0.2, -0.15) is 0 Å². The maximum absolute atomic E-state index is 13.1. The summed E-state index contributed by atoms with van der Waals surface area (Å²) >= 11 is 5.33. The Hall–Kier alpha value is -3.06. The summed E-state index contributed by atoms with van der Waals surface area (Å²) in [5, 5.41) is 9.70. The van der Waals surface area contributed by atoms with Crippen molar-refractivity contribution in [1.82, 2.24) is 10.6 Å². The van der Waals surface area contributed by atoms with Crippen LogP contribution in [0.2, 0.25) is 0 Å². The van der Waals surface area contributed by atoms with Gasteiger partial charge in [-0.25, -0.2) is 0 Å². The number of rotatable bonds is 3. The molecule has 0 unspecified atom stereocenters. The van der Waals surface area contributed by atoms with Crippen LogP contribution >= 0.6 is 12.2 Å². The predicted molar refractivity (Wildman–Crippen MR) is 107 cm³/mol. The number of fused-ring (bicyclic) bond motifs is 1. The van der Waals surface area contributed by atoms with E-state index in [0.29, 0.717) is 27.9 Å². The van der Waals surface area contributed by atoms with Crippen molar-refractivity contribution in [3.8, 4) is 11.5 Å². The molecule has 0 aromatic heterocycles. The normalized spacial score (nSPS) is 18.0. The fourth-order valence-corrected chi connectivity index (χ4v) is 3.59. The van der Waals surface area contributed by atoms with E-state index in [0.717, 1.165) is 16.8 Å². The van der Waals surface area contributed by atoms with Gasteiger partial charge in [0.25, 0.3) is 5.91 Å². The second kappa shape index (κ2) is 6.92. The molecule has 2 aromatic carbocycles. The molecule has 2 aliphatic rings. The number of hydrogen-bond donors (Lipinski definition) is 3. The van der Waals surface area contributed by atoms with Crippen molar-refractivity contribution >= 4 is 28.9 Å². The summed E-state index contributed by atoms with van der Waals surface area (Å²) in [6.07, 6.45) is 0. The number of carbonyl (C=O) groups excluding carboxylic acids is 1. The maximum atomic E-state index is 13.1. The lowest BCUT2D eigenvalue weighted by molar-refractivity contribution is -0.113. The highest BCUT2D eigenvalue weighted by molar-refractivity contribution is 7.80. The lowest BCUT2D eigenvalue weighted by atomic mass is 9.91. The minimum Gasteiger partial charge on any atom is -0.454 e. The van der Waals surface area contributed by atoms with E-state index in [1.807, 2.05) is 56.3 Å². The molecule has 27 heavy (non-hydrogen) atoms. The van der Waals surface area contributed by atoms with Crippen LogP contribution in [0, 0.1) is 6.92 Å². The van der Waals surface area contributed by atoms with Gasteiger partial charge in [0.15, 0.2) is 16.6 Å². The molecule has 4 rings (SSSR count). The van der Waals surface area contributed by atoms with E-state index < -0.39 is 6.04 Å². The Balaban J connectivity index is 1.73. The smallest absolute Gasteiger partial charge is 0.255 e. The third kappa shape index (κ3) is 3.33. The van der Waals surface area contributed by atoms with Crippen molar-refractivity contribution < 1.29 is 14.3 Å². The van der Waals surface area contributed by atoms with Crippen molar-refractivity contribution in [2.24, 2.45) is 0 Å². The first-order valence-corrected chi connectivity index (χ1v) is 8.98. The van der Waals surface area contributed by atoms with Crippen molar-refractivity contribution in [2.45, 2.75) is 19.9 Å². The summed E-state index contributed by atoms with van der Waals surface area (Å²) in [6, 6.07) is 12.8. The van der Waals surface area contributed by atoms with Gasteiger partial charge < -0.3 is 25.4 Å². The lowest BCUT2D eigenvalue weighted by Crippen LogP contribution is -2.46. The topological polar surface area (TPSA) is 71.6 Å². The molecular weight excluding hydrogens is 362 g/mol. The molecule has 1 atom stereocenters. The van der Waals surface area contributed by atoms with Crippen molar-refractivity contribution in [2.75, 3.05) is 12.1 Å². The molecule has 1 amide bonds. The Morgan fingerprint density at radius 2 is 1.85 bits per heavy atom. The quantitative estimate of drug-likeness (QED) is 0.710. The third-order valence-corrected chi connectivity index (χ3v) is 4.84. The summed E-state index contributed by atoms with van der Waals surface area (Å²) in [5.41, 5.74) is 3.93. The molecule has 2 heterocycles. The average Bonchev–Trinajstić information content (AvgIpc) is 3.08. The van der Waals surface area contributed by atoms with Crippen LogP contribution in [0.4, 0.5) is 5.69 Å². The highest BCUT2D eigenvalue weighted by Crippen LogP contribution is 2.39. The number of ether oxygens (including phenoxy) is 2. The first-order chi connectivity index (χ1) is 13.0. The van der Waals surface area contributed by atoms with Gasteiger partial charge in [0.1, 0.15) is 0 Å². The van der Waals surface area contributed by atoms with Crippen molar-refractivity contribution in [3.63, 3.8) is 0 Å². The summed E-state index contributed by atoms with van der Waals surface area (Å²) in [6.45, 7) is 4.03. The molecular formula is C20H19N3O3S. The van der Waals surface area contributed by atoms with Gasteiger partial charge in [0, 0.05) is 11.4 Å². The maximum Gasteiger partial charge on any atom is 0.255 e. The highest BCUT2D eigenvalue weighted by atomic mass is 32.1. The minimum absolute atomic E-state index is 0.191. The molecule has 7 heteroatoms. The van der Waals surface area contributed by atoms with Crippen LogP contribution in [0.15, 0.2) is 53.7 Å². The number of allylic oxidation sites excluding steroid dienone is 1. The van der Waals surface area contributed by atoms with Crippen LogP contribution in [0.25, 0.3) is 0 Å². The number of amides is 1. The number of anilines is 1. The first-order valence-electron chi connectivity index (χ1n) is 8.58. The number of benzene rings is 2. The molecule has 2 aliphatic heterocycles. The highest BCUT2D eigenvalue weighted by Gasteiger charge is 2.32. The molecule has 0 fully saturated rings. The molecule has 0 aliphatic carbocycles. The molecule has 138 valence electrons. The molecule has 2 aromatic rings. The number of nitrogens with one attached hydrogen (secondary N) is 3. The van der Waals surface area contributed by atoms with Crippen molar-refractivity contribution in [3.05, 3.63) is 64.9 Å². The van der Waals surface area contributed by atoms with E-state index in [2.05, 4.69) is 16.0 Å². The average molecular weight is 381 g/mol. The second-order valence-electron chi connectivity index (χ2n) is 6.45. The summed E-state index contributed by atoms with van der Waals surface area (Å²) in [5.74, 6) is 1.19. The zero-order valence-electron chi connectivity index (χ0n) is 15.0. The minimum atomic E-state index is -0.392. The number of para-hydroxylation sites is 1. The van der Waals surface area contributed by atoms with Crippen molar-refractivity contribution in [1.29, 1.82) is 0 Å². The van der Waals surface area contributed by atoms with Crippen LogP contribution in [0.5, 0.6) is 11.5 Å². The molecule has 0 saturated heterocycles. The SMILES string of the molecule is CC1=C(C(=O)Nc2ccccc2)[C@H](c2cc3c(cc2C)OCO3)NC(=S)N1. The Morgan fingerprint density at radius 3 is 2.59 bits per heavy atom. The summed E-state index contributed by atoms with van der Waals surface area (Å²) in [7, 11) is 0. The van der Waals surface area contributed by atoms with Crippen LogP contribution in [0.3, 0.4) is 0 Å². The number of thiocarbonyl (C=S) groups is 1. The Labute approximate surface area is 162 Å². The van der Waals surface area contributed by atoms with E-state index in [1.165, 1.54) is 0 Å². The summed E-state index contributed by atoms with van der Waals surface area (Å²) in [4.78, 5) is 13.1. The van der Waals surface area contributed by atoms with E-state index in [9.17, 15) is 4.79 Å². The second-order valence-corrected chi connectivity index (χ2v) is 6.86. The first kappa shape index (κ1) is 17.4. The standard InChI is InChI=1S/C20H19N3O3S/c1-11-8-15-16(26-10-25-15)9-14(11)18-17(12(2)21-20(27)23-18)19(24)22-13-6-4-3-5-7-13/h3-9,18H,10H2,1-2H3,(H,22,24)(H2,21,23,27)/t18-/m0/s1. The number of carbonyl (C=O) groups is 1. The van der Waals surface area contributed by atoms with Gasteiger partial charge in [-0.05, 0) is 61.5 Å². The molecule has 0 spiro atoms.